The van der Waals surface area contributed by atoms with Crippen molar-refractivity contribution in [3.8, 4) is 0 Å². The van der Waals surface area contributed by atoms with Crippen molar-refractivity contribution in [2.24, 2.45) is 0 Å². The van der Waals surface area contributed by atoms with Crippen LogP contribution in [0.5, 0.6) is 0 Å². The molecule has 0 radical (unpaired) electrons. The second kappa shape index (κ2) is 6.51. The quantitative estimate of drug-likeness (QED) is 0.787. The minimum atomic E-state index is -1.13. The van der Waals surface area contributed by atoms with Gasteiger partial charge >= 0.3 is 6.09 Å². The summed E-state index contributed by atoms with van der Waals surface area (Å²) in [6, 6.07) is 0. The summed E-state index contributed by atoms with van der Waals surface area (Å²) < 4.78 is 5.04. The normalized spacial score (nSPS) is 14.8. The first kappa shape index (κ1) is 16.9. The van der Waals surface area contributed by atoms with Crippen molar-refractivity contribution in [3.63, 3.8) is 0 Å². The molecule has 2 unspecified atom stereocenters. The molecule has 2 atom stereocenters. The third-order valence-corrected chi connectivity index (χ3v) is 3.66. The predicted molar refractivity (Wildman–Crippen MR) is 76.8 cm³/mol. The molecule has 3 N–H and O–H groups in total. The van der Waals surface area contributed by atoms with Gasteiger partial charge in [-0.05, 0) is 34.6 Å². The third-order valence-electron chi connectivity index (χ3n) is 2.52. The van der Waals surface area contributed by atoms with E-state index in [1.807, 2.05) is 13.8 Å². The summed E-state index contributed by atoms with van der Waals surface area (Å²) in [6.07, 6.45) is -2.88. The summed E-state index contributed by atoms with van der Waals surface area (Å²) in [6.45, 7) is 8.88. The van der Waals surface area contributed by atoms with Crippen LogP contribution in [-0.2, 0) is 4.74 Å². The third kappa shape index (κ3) is 5.07. The molecule has 1 heterocycles. The summed E-state index contributed by atoms with van der Waals surface area (Å²) in [5.41, 5.74) is 0.230. The van der Waals surface area contributed by atoms with E-state index >= 15 is 0 Å². The number of rotatable bonds is 4. The first-order valence-corrected chi connectivity index (χ1v) is 7.18. The summed E-state index contributed by atoms with van der Waals surface area (Å²) in [7, 11) is 0. The van der Waals surface area contributed by atoms with E-state index in [0.29, 0.717) is 5.01 Å². The van der Waals surface area contributed by atoms with E-state index in [4.69, 9.17) is 4.74 Å². The smallest absolute Gasteiger partial charge is 0.407 e. The Kier molecular flexibility index (Phi) is 5.50. The molecule has 0 bridgehead atoms. The Balaban J connectivity index is 2.50. The molecule has 114 valence electrons. The monoisotopic (exact) mass is 302 g/mol. The summed E-state index contributed by atoms with van der Waals surface area (Å²) in [4.78, 5) is 16.6. The zero-order chi connectivity index (χ0) is 15.5. The van der Waals surface area contributed by atoms with Gasteiger partial charge in [0.15, 0.2) is 0 Å². The molecule has 1 rings (SSSR count). The van der Waals surface area contributed by atoms with Crippen molar-refractivity contribution >= 4 is 17.4 Å². The molecule has 0 aliphatic heterocycles. The van der Waals surface area contributed by atoms with E-state index in [0.717, 1.165) is 10.6 Å². The number of nitrogens with one attached hydrogen (secondary N) is 1. The molecule has 0 fully saturated rings. The maximum Gasteiger partial charge on any atom is 0.407 e. The molecule has 1 amide bonds. The second-order valence-corrected chi connectivity index (χ2v) is 6.82. The SMILES string of the molecule is Cc1nc(C(O)C(O)CNC(=O)OC(C)(C)C)sc1C. The number of aromatic nitrogens is 1. The average molecular weight is 302 g/mol. The molecule has 0 saturated carbocycles. The molecular weight excluding hydrogens is 280 g/mol. The molecule has 0 aliphatic carbocycles. The maximum atomic E-state index is 11.4. The Labute approximate surface area is 122 Å². The molecule has 0 aromatic carbocycles. The molecule has 0 spiro atoms. The number of carbonyl (C=O) groups is 1. The van der Waals surface area contributed by atoms with Crippen LogP contribution >= 0.6 is 11.3 Å². The van der Waals surface area contributed by atoms with Crippen molar-refractivity contribution in [2.75, 3.05) is 6.54 Å². The van der Waals surface area contributed by atoms with Crippen LogP contribution in [0, 0.1) is 13.8 Å². The molecule has 1 aromatic heterocycles. The van der Waals surface area contributed by atoms with E-state index < -0.39 is 23.9 Å². The van der Waals surface area contributed by atoms with Crippen LogP contribution in [0.3, 0.4) is 0 Å². The first-order chi connectivity index (χ1) is 9.10. The maximum absolute atomic E-state index is 11.4. The number of alkyl carbamates (subject to hydrolysis) is 1. The number of hydrogen-bond acceptors (Lipinski definition) is 6. The number of hydrogen-bond donors (Lipinski definition) is 3. The molecule has 7 heteroatoms. The minimum absolute atomic E-state index is 0.103. The van der Waals surface area contributed by atoms with E-state index in [1.165, 1.54) is 11.3 Å². The molecule has 20 heavy (non-hydrogen) atoms. The van der Waals surface area contributed by atoms with Crippen molar-refractivity contribution in [3.05, 3.63) is 15.6 Å². The summed E-state index contributed by atoms with van der Waals surface area (Å²) >= 11 is 1.33. The van der Waals surface area contributed by atoms with Crippen LogP contribution in [0.1, 0.15) is 42.5 Å². The van der Waals surface area contributed by atoms with E-state index in [2.05, 4.69) is 10.3 Å². The number of aryl methyl sites for hydroxylation is 2. The summed E-state index contributed by atoms with van der Waals surface area (Å²) in [5.74, 6) is 0. The highest BCUT2D eigenvalue weighted by molar-refractivity contribution is 7.11. The van der Waals surface area contributed by atoms with Crippen molar-refractivity contribution in [1.29, 1.82) is 0 Å². The Morgan fingerprint density at radius 2 is 2.00 bits per heavy atom. The highest BCUT2D eigenvalue weighted by atomic mass is 32.1. The fraction of sp³-hybridized carbons (Fsp3) is 0.692. The lowest BCUT2D eigenvalue weighted by atomic mass is 10.2. The number of carbonyl (C=O) groups excluding carboxylic acids is 1. The van der Waals surface area contributed by atoms with Gasteiger partial charge in [-0.15, -0.1) is 11.3 Å². The van der Waals surface area contributed by atoms with Crippen molar-refractivity contribution in [2.45, 2.75) is 52.4 Å². The van der Waals surface area contributed by atoms with Crippen molar-refractivity contribution in [1.82, 2.24) is 10.3 Å². The van der Waals surface area contributed by atoms with Gasteiger partial charge in [-0.2, -0.15) is 0 Å². The zero-order valence-electron chi connectivity index (χ0n) is 12.4. The Hall–Kier alpha value is -1.18. The van der Waals surface area contributed by atoms with Gasteiger partial charge in [-0.3, -0.25) is 0 Å². The molecule has 6 nitrogen and oxygen atoms in total. The Morgan fingerprint density at radius 1 is 1.40 bits per heavy atom. The van der Waals surface area contributed by atoms with Crippen LogP contribution < -0.4 is 5.32 Å². The average Bonchev–Trinajstić information content (AvgIpc) is 2.63. The van der Waals surface area contributed by atoms with Crippen LogP contribution in [0.15, 0.2) is 0 Å². The number of aliphatic hydroxyl groups is 2. The number of amides is 1. The van der Waals surface area contributed by atoms with Crippen LogP contribution in [0.4, 0.5) is 4.79 Å². The lowest BCUT2D eigenvalue weighted by molar-refractivity contribution is 0.0128. The Bertz CT molecular complexity index is 448. The molecular formula is C13H22N2O4S. The predicted octanol–water partition coefficient (Wildman–Crippen LogP) is 1.68. The summed E-state index contributed by atoms with van der Waals surface area (Å²) in [5, 5.41) is 22.7. The molecule has 0 saturated heterocycles. The van der Waals surface area contributed by atoms with Gasteiger partial charge < -0.3 is 20.3 Å². The molecule has 0 aliphatic rings. The first-order valence-electron chi connectivity index (χ1n) is 6.37. The lowest BCUT2D eigenvalue weighted by Gasteiger charge is -2.21. The van der Waals surface area contributed by atoms with Crippen molar-refractivity contribution < 1.29 is 19.7 Å². The fourth-order valence-corrected chi connectivity index (χ4v) is 2.37. The zero-order valence-corrected chi connectivity index (χ0v) is 13.2. The van der Waals surface area contributed by atoms with Gasteiger partial charge in [0.05, 0.1) is 5.69 Å². The topological polar surface area (TPSA) is 91.7 Å². The highest BCUT2D eigenvalue weighted by Crippen LogP contribution is 2.24. The minimum Gasteiger partial charge on any atom is -0.444 e. The van der Waals surface area contributed by atoms with Gasteiger partial charge in [-0.25, -0.2) is 9.78 Å². The number of nitrogens with zero attached hydrogens (tertiary/aromatic N) is 1. The molecule has 1 aromatic rings. The number of aliphatic hydroxyl groups excluding tert-OH is 2. The Morgan fingerprint density at radius 3 is 2.45 bits per heavy atom. The van der Waals surface area contributed by atoms with Gasteiger partial charge in [0.1, 0.15) is 22.8 Å². The van der Waals surface area contributed by atoms with E-state index in [-0.39, 0.29) is 6.54 Å². The number of thiazole rings is 1. The van der Waals surface area contributed by atoms with Crippen LogP contribution in [0.2, 0.25) is 0 Å². The standard InChI is InChI=1S/C13H22N2O4S/c1-7-8(2)20-11(15-7)10(17)9(16)6-14-12(18)19-13(3,4)5/h9-10,16-17H,6H2,1-5H3,(H,14,18). The van der Waals surface area contributed by atoms with Crippen LogP contribution in [0.25, 0.3) is 0 Å². The van der Waals surface area contributed by atoms with Crippen LogP contribution in [-0.4, -0.2) is 39.5 Å². The van der Waals surface area contributed by atoms with Gasteiger partial charge in [-0.1, -0.05) is 0 Å². The second-order valence-electron chi connectivity index (χ2n) is 5.59. The van der Waals surface area contributed by atoms with Gasteiger partial charge in [0.25, 0.3) is 0 Å². The number of ether oxygens (including phenoxy) is 1. The van der Waals surface area contributed by atoms with Gasteiger partial charge in [0.2, 0.25) is 0 Å². The fourth-order valence-electron chi connectivity index (χ4n) is 1.40. The lowest BCUT2D eigenvalue weighted by Crippen LogP contribution is -2.38. The van der Waals surface area contributed by atoms with E-state index in [1.54, 1.807) is 20.8 Å². The van der Waals surface area contributed by atoms with E-state index in [9.17, 15) is 15.0 Å². The highest BCUT2D eigenvalue weighted by Gasteiger charge is 2.24. The van der Waals surface area contributed by atoms with Gasteiger partial charge in [0, 0.05) is 11.4 Å². The largest absolute Gasteiger partial charge is 0.444 e.